The maximum Gasteiger partial charge on any atom is 0.222 e. The molecule has 1 aliphatic rings. The van der Waals surface area contributed by atoms with Crippen molar-refractivity contribution in [3.63, 3.8) is 0 Å². The van der Waals surface area contributed by atoms with Crippen LogP contribution in [0.4, 0.5) is 0 Å². The van der Waals surface area contributed by atoms with Crippen LogP contribution < -0.4 is 10.7 Å². The molecule has 1 amide bonds. The van der Waals surface area contributed by atoms with E-state index in [1.165, 1.54) is 6.92 Å². The van der Waals surface area contributed by atoms with Crippen LogP contribution in [-0.2, 0) is 4.79 Å². The van der Waals surface area contributed by atoms with Gasteiger partial charge in [0.1, 0.15) is 5.84 Å². The summed E-state index contributed by atoms with van der Waals surface area (Å²) in [6.07, 6.45) is 0.778. The van der Waals surface area contributed by atoms with E-state index in [-0.39, 0.29) is 5.91 Å². The number of amides is 1. The van der Waals surface area contributed by atoms with Gasteiger partial charge >= 0.3 is 0 Å². The predicted octanol–water partition coefficient (Wildman–Crippen LogP) is 0.481. The van der Waals surface area contributed by atoms with E-state index >= 15 is 0 Å². The Morgan fingerprint density at radius 1 is 1.57 bits per heavy atom. The molecule has 0 atom stereocenters. The van der Waals surface area contributed by atoms with Gasteiger partial charge in [-0.2, -0.15) is 5.10 Å². The number of hydrazine groups is 1. The normalized spacial score (nSPS) is 17.7. The van der Waals surface area contributed by atoms with Crippen LogP contribution in [-0.4, -0.2) is 31.3 Å². The third-order valence-corrected chi connectivity index (χ3v) is 3.33. The third-order valence-electron chi connectivity index (χ3n) is 1.80. The minimum atomic E-state index is -1.47. The van der Waals surface area contributed by atoms with E-state index in [2.05, 4.69) is 35.5 Å². The van der Waals surface area contributed by atoms with Gasteiger partial charge < -0.3 is 5.32 Å². The van der Waals surface area contributed by atoms with E-state index < -0.39 is 8.24 Å². The van der Waals surface area contributed by atoms with Crippen molar-refractivity contribution in [1.82, 2.24) is 15.5 Å². The lowest BCUT2D eigenvalue weighted by Crippen LogP contribution is -2.55. The first-order valence-electron chi connectivity index (χ1n) is 4.78. The number of carbonyl (C=O) groups is 1. The number of rotatable bonds is 1. The number of hydrazone groups is 1. The Balaban J connectivity index is 2.69. The topological polar surface area (TPSA) is 56.7 Å². The van der Waals surface area contributed by atoms with Crippen LogP contribution in [0.25, 0.3) is 0 Å². The fourth-order valence-corrected chi connectivity index (χ4v) is 2.17. The quantitative estimate of drug-likeness (QED) is 0.624. The third kappa shape index (κ3) is 3.11. The Labute approximate surface area is 85.6 Å². The summed E-state index contributed by atoms with van der Waals surface area (Å²) in [4.78, 5) is 12.8. The molecule has 1 rings (SSSR count). The highest BCUT2D eigenvalue weighted by molar-refractivity contribution is 6.73. The standard InChI is InChI=1S/C8H18N4OSi/c1-7(13)10-8-5-6-9-12(11-8)14(2,3)4/h9H,5-6H2,1-4H3,(H,10,11,13). The summed E-state index contributed by atoms with van der Waals surface area (Å²) in [6.45, 7) is 8.92. The van der Waals surface area contributed by atoms with Crippen LogP contribution in [0.3, 0.4) is 0 Å². The maximum atomic E-state index is 10.8. The maximum absolute atomic E-state index is 10.8. The van der Waals surface area contributed by atoms with Crippen molar-refractivity contribution in [2.45, 2.75) is 33.0 Å². The lowest BCUT2D eigenvalue weighted by Gasteiger charge is -2.35. The molecule has 0 spiro atoms. The molecule has 5 nitrogen and oxygen atoms in total. The van der Waals surface area contributed by atoms with Gasteiger partial charge in [-0.05, 0) is 19.6 Å². The van der Waals surface area contributed by atoms with Gasteiger partial charge in [0.25, 0.3) is 0 Å². The average molecular weight is 214 g/mol. The van der Waals surface area contributed by atoms with E-state index in [9.17, 15) is 4.79 Å². The summed E-state index contributed by atoms with van der Waals surface area (Å²) in [5.41, 5.74) is 3.22. The van der Waals surface area contributed by atoms with Gasteiger partial charge in [-0.25, -0.2) is 5.43 Å². The van der Waals surface area contributed by atoms with Gasteiger partial charge in [0.05, 0.1) is 0 Å². The van der Waals surface area contributed by atoms with Crippen LogP contribution in [0.2, 0.25) is 19.6 Å². The SMILES string of the molecule is CC(=O)NC1=NN([Si](C)(C)C)NCC1. The van der Waals surface area contributed by atoms with Crippen LogP contribution in [0.1, 0.15) is 13.3 Å². The first-order chi connectivity index (χ1) is 6.39. The smallest absolute Gasteiger partial charge is 0.222 e. The number of hydrogen-bond acceptors (Lipinski definition) is 4. The minimum Gasteiger partial charge on any atom is -0.313 e. The summed E-state index contributed by atoms with van der Waals surface area (Å²) in [7, 11) is -1.47. The molecular weight excluding hydrogens is 196 g/mol. The fourth-order valence-electron chi connectivity index (χ4n) is 1.16. The van der Waals surface area contributed by atoms with Crippen molar-refractivity contribution in [1.29, 1.82) is 0 Å². The molecule has 0 aromatic heterocycles. The number of carbonyl (C=O) groups excluding carboxylic acids is 1. The summed E-state index contributed by atoms with van der Waals surface area (Å²) in [6, 6.07) is 0. The Hall–Kier alpha value is -0.883. The summed E-state index contributed by atoms with van der Waals surface area (Å²) >= 11 is 0. The van der Waals surface area contributed by atoms with Gasteiger partial charge in [0.2, 0.25) is 5.91 Å². The molecule has 14 heavy (non-hydrogen) atoms. The average Bonchev–Trinajstić information content (AvgIpc) is 2.01. The van der Waals surface area contributed by atoms with Gasteiger partial charge in [-0.15, -0.1) is 0 Å². The Kier molecular flexibility index (Phi) is 3.28. The van der Waals surface area contributed by atoms with E-state index in [0.29, 0.717) is 0 Å². The second-order valence-corrected chi connectivity index (χ2v) is 9.13. The first-order valence-corrected chi connectivity index (χ1v) is 8.23. The summed E-state index contributed by atoms with van der Waals surface area (Å²) in [5.74, 6) is 0.708. The van der Waals surface area contributed by atoms with Crippen LogP contribution >= 0.6 is 0 Å². The highest BCUT2D eigenvalue weighted by Gasteiger charge is 2.25. The van der Waals surface area contributed by atoms with E-state index in [4.69, 9.17) is 0 Å². The highest BCUT2D eigenvalue weighted by Crippen LogP contribution is 2.09. The molecule has 0 bridgehead atoms. The monoisotopic (exact) mass is 214 g/mol. The van der Waals surface area contributed by atoms with Crippen molar-refractivity contribution < 1.29 is 4.79 Å². The summed E-state index contributed by atoms with van der Waals surface area (Å²) in [5, 5.41) is 7.10. The van der Waals surface area contributed by atoms with Crippen LogP contribution in [0, 0.1) is 0 Å². The molecule has 0 saturated carbocycles. The number of amidine groups is 1. The van der Waals surface area contributed by atoms with Crippen molar-refractivity contribution in [2.75, 3.05) is 6.54 Å². The fraction of sp³-hybridized carbons (Fsp3) is 0.750. The second kappa shape index (κ2) is 4.10. The minimum absolute atomic E-state index is 0.0545. The van der Waals surface area contributed by atoms with Gasteiger partial charge in [0, 0.05) is 19.9 Å². The molecule has 6 heteroatoms. The molecule has 0 unspecified atom stereocenters. The Morgan fingerprint density at radius 2 is 2.21 bits per heavy atom. The zero-order valence-corrected chi connectivity index (χ0v) is 10.2. The molecule has 1 aliphatic heterocycles. The van der Waals surface area contributed by atoms with Gasteiger partial charge in [-0.1, -0.05) is 0 Å². The molecule has 2 N–H and O–H groups in total. The van der Waals surface area contributed by atoms with Crippen LogP contribution in [0.15, 0.2) is 5.10 Å². The van der Waals surface area contributed by atoms with Crippen molar-refractivity contribution in [3.8, 4) is 0 Å². The second-order valence-electron chi connectivity index (χ2n) is 4.37. The Morgan fingerprint density at radius 3 is 2.71 bits per heavy atom. The van der Waals surface area contributed by atoms with E-state index in [1.807, 2.05) is 4.78 Å². The van der Waals surface area contributed by atoms with Gasteiger partial charge in [-0.3, -0.25) is 9.58 Å². The van der Waals surface area contributed by atoms with Gasteiger partial charge in [0.15, 0.2) is 8.24 Å². The first kappa shape index (κ1) is 11.2. The lowest BCUT2D eigenvalue weighted by molar-refractivity contribution is -0.117. The van der Waals surface area contributed by atoms with Crippen molar-refractivity contribution in [2.24, 2.45) is 5.10 Å². The van der Waals surface area contributed by atoms with Crippen LogP contribution in [0.5, 0.6) is 0 Å². The molecular formula is C8H18N4OSi. The van der Waals surface area contributed by atoms with E-state index in [1.54, 1.807) is 0 Å². The molecule has 0 aromatic rings. The molecule has 0 aliphatic carbocycles. The molecule has 0 fully saturated rings. The highest BCUT2D eigenvalue weighted by atomic mass is 28.3. The molecule has 0 aromatic carbocycles. The number of nitrogens with one attached hydrogen (secondary N) is 2. The zero-order valence-electron chi connectivity index (χ0n) is 9.22. The largest absolute Gasteiger partial charge is 0.313 e. The molecule has 1 heterocycles. The van der Waals surface area contributed by atoms with Crippen molar-refractivity contribution >= 4 is 20.0 Å². The summed E-state index contributed by atoms with van der Waals surface area (Å²) < 4.78 is 0. The lowest BCUT2D eigenvalue weighted by atomic mass is 10.4. The molecule has 0 saturated heterocycles. The van der Waals surface area contributed by atoms with E-state index in [0.717, 1.165) is 18.8 Å². The Bertz CT molecular complexity index is 259. The zero-order chi connectivity index (χ0) is 10.8. The molecule has 80 valence electrons. The number of nitrogens with zero attached hydrogens (tertiary/aromatic N) is 2. The molecule has 0 radical (unpaired) electrons. The van der Waals surface area contributed by atoms with Crippen molar-refractivity contribution in [3.05, 3.63) is 0 Å². The predicted molar refractivity (Wildman–Crippen MR) is 59.1 cm³/mol. The number of hydrogen-bond donors (Lipinski definition) is 2.